The number of alkyl halides is 3. The molecule has 0 spiro atoms. The fraction of sp³-hybridized carbons (Fsp3) is 0.474. The van der Waals surface area contributed by atoms with Crippen LogP contribution in [0.4, 0.5) is 23.4 Å². The number of aryl methyl sites for hydroxylation is 1. The highest BCUT2D eigenvalue weighted by Gasteiger charge is 2.36. The number of nitrogens with zero attached hydrogens (tertiary/aromatic N) is 5. The normalized spacial score (nSPS) is 21.0. The van der Waals surface area contributed by atoms with Crippen LogP contribution in [0.2, 0.25) is 0 Å². The van der Waals surface area contributed by atoms with Gasteiger partial charge in [-0.15, -0.1) is 0 Å². The smallest absolute Gasteiger partial charge is 0.352 e. The molecule has 148 valence electrons. The van der Waals surface area contributed by atoms with Crippen LogP contribution in [-0.2, 0) is 13.2 Å². The van der Waals surface area contributed by atoms with Crippen LogP contribution < -0.4 is 4.90 Å². The van der Waals surface area contributed by atoms with Crippen molar-refractivity contribution in [3.8, 4) is 0 Å². The van der Waals surface area contributed by atoms with E-state index in [1.807, 2.05) is 0 Å². The maximum atomic E-state index is 14.2. The van der Waals surface area contributed by atoms with E-state index in [4.69, 9.17) is 0 Å². The summed E-state index contributed by atoms with van der Waals surface area (Å²) in [7, 11) is 1.72. The van der Waals surface area contributed by atoms with Crippen molar-refractivity contribution in [2.45, 2.75) is 25.1 Å². The van der Waals surface area contributed by atoms with Gasteiger partial charge in [-0.3, -0.25) is 9.58 Å². The van der Waals surface area contributed by atoms with Gasteiger partial charge >= 0.3 is 6.18 Å². The first-order valence-electron chi connectivity index (χ1n) is 9.34. The molecule has 5 nitrogen and oxygen atoms in total. The summed E-state index contributed by atoms with van der Waals surface area (Å²) >= 11 is 0. The highest BCUT2D eigenvalue weighted by molar-refractivity contribution is 6.08. The van der Waals surface area contributed by atoms with Gasteiger partial charge in [0, 0.05) is 55.8 Å². The monoisotopic (exact) mass is 393 g/mol. The number of hydrogen-bond acceptors (Lipinski definition) is 4. The molecule has 3 aromatic rings. The average molecular weight is 393 g/mol. The molecule has 5 rings (SSSR count). The number of fused-ring (bicyclic) bond motifs is 4. The van der Waals surface area contributed by atoms with Crippen LogP contribution >= 0.6 is 0 Å². The Bertz CT molecular complexity index is 1070. The van der Waals surface area contributed by atoms with Crippen molar-refractivity contribution in [1.82, 2.24) is 19.7 Å². The van der Waals surface area contributed by atoms with E-state index in [9.17, 15) is 17.6 Å². The summed E-state index contributed by atoms with van der Waals surface area (Å²) in [5, 5.41) is 5.28. The van der Waals surface area contributed by atoms with Gasteiger partial charge in [0.25, 0.3) is 0 Å². The van der Waals surface area contributed by atoms with Crippen LogP contribution in [0.3, 0.4) is 0 Å². The topological polar surface area (TPSA) is 37.2 Å². The highest BCUT2D eigenvalue weighted by atomic mass is 19.4. The van der Waals surface area contributed by atoms with Gasteiger partial charge in [-0.05, 0) is 25.5 Å². The van der Waals surface area contributed by atoms with Crippen LogP contribution in [0.1, 0.15) is 18.4 Å². The Morgan fingerprint density at radius 1 is 1.11 bits per heavy atom. The first-order chi connectivity index (χ1) is 13.3. The Balaban J connectivity index is 1.69. The van der Waals surface area contributed by atoms with Crippen molar-refractivity contribution in [3.63, 3.8) is 0 Å². The highest BCUT2D eigenvalue weighted by Crippen LogP contribution is 2.38. The molecule has 4 heterocycles. The van der Waals surface area contributed by atoms with E-state index in [2.05, 4.69) is 19.9 Å². The summed E-state index contributed by atoms with van der Waals surface area (Å²) in [5.41, 5.74) is -0.504. The lowest BCUT2D eigenvalue weighted by atomic mass is 10.1. The zero-order chi connectivity index (χ0) is 19.6. The molecule has 28 heavy (non-hydrogen) atoms. The number of pyridine rings is 1. The van der Waals surface area contributed by atoms with E-state index < -0.39 is 17.6 Å². The lowest BCUT2D eigenvalue weighted by molar-refractivity contribution is -0.139. The van der Waals surface area contributed by atoms with E-state index in [0.717, 1.165) is 44.7 Å². The number of hydrogen-bond donors (Lipinski definition) is 0. The van der Waals surface area contributed by atoms with Gasteiger partial charge in [0.2, 0.25) is 0 Å². The number of aromatic nitrogens is 3. The Labute approximate surface area is 158 Å². The third-order valence-electron chi connectivity index (χ3n) is 5.83. The minimum absolute atomic E-state index is 0.217. The van der Waals surface area contributed by atoms with Gasteiger partial charge in [0.05, 0.1) is 11.1 Å². The molecule has 2 saturated heterocycles. The zero-order valence-corrected chi connectivity index (χ0v) is 15.3. The molecule has 2 aliphatic rings. The van der Waals surface area contributed by atoms with Gasteiger partial charge in [-0.25, -0.2) is 9.37 Å². The SMILES string of the molecule is Cn1cc2c(n1)c(N1CCN3CCCC3C1)nc1cc(F)c(C(F)(F)F)cc12. The van der Waals surface area contributed by atoms with Crippen LogP contribution in [-0.4, -0.2) is 51.9 Å². The second kappa shape index (κ2) is 6.04. The molecule has 1 atom stereocenters. The molecule has 1 aromatic carbocycles. The number of anilines is 1. The minimum atomic E-state index is -4.76. The van der Waals surface area contributed by atoms with Gasteiger partial charge < -0.3 is 4.90 Å². The van der Waals surface area contributed by atoms with E-state index in [1.54, 1.807) is 17.9 Å². The molecular weight excluding hydrogens is 374 g/mol. The van der Waals surface area contributed by atoms with Crippen LogP contribution in [0.25, 0.3) is 21.8 Å². The number of rotatable bonds is 1. The number of benzene rings is 1. The molecule has 2 fully saturated rings. The van der Waals surface area contributed by atoms with Crippen LogP contribution in [0.15, 0.2) is 18.3 Å². The summed E-state index contributed by atoms with van der Waals surface area (Å²) in [4.78, 5) is 9.16. The summed E-state index contributed by atoms with van der Waals surface area (Å²) < 4.78 is 55.3. The van der Waals surface area contributed by atoms with Crippen molar-refractivity contribution in [1.29, 1.82) is 0 Å². The van der Waals surface area contributed by atoms with E-state index >= 15 is 0 Å². The quantitative estimate of drug-likeness (QED) is 0.593. The first kappa shape index (κ1) is 17.7. The maximum Gasteiger partial charge on any atom is 0.419 e. The summed E-state index contributed by atoms with van der Waals surface area (Å²) in [6, 6.07) is 2.19. The van der Waals surface area contributed by atoms with E-state index in [0.29, 0.717) is 22.8 Å². The Morgan fingerprint density at radius 3 is 2.71 bits per heavy atom. The van der Waals surface area contributed by atoms with Crippen LogP contribution in [0, 0.1) is 5.82 Å². The molecular formula is C19H19F4N5. The van der Waals surface area contributed by atoms with Gasteiger partial charge in [0.15, 0.2) is 5.82 Å². The molecule has 0 bridgehead atoms. The lowest BCUT2D eigenvalue weighted by Gasteiger charge is -2.38. The second-order valence-electron chi connectivity index (χ2n) is 7.63. The fourth-order valence-corrected chi connectivity index (χ4v) is 4.51. The standard InChI is InChI=1S/C19H19F4N5/c1-26-10-13-12-7-14(19(21,22)23)15(20)8-16(12)24-18(17(13)25-26)28-6-5-27-4-2-3-11(27)9-28/h7-8,10-11H,2-6,9H2,1H3. The molecule has 0 amide bonds. The number of piperazine rings is 1. The van der Waals surface area contributed by atoms with Crippen molar-refractivity contribution in [3.05, 3.63) is 29.7 Å². The first-order valence-corrected chi connectivity index (χ1v) is 9.34. The molecule has 2 aromatic heterocycles. The molecule has 0 aliphatic carbocycles. The average Bonchev–Trinajstić information content (AvgIpc) is 3.24. The third kappa shape index (κ3) is 2.71. The van der Waals surface area contributed by atoms with Crippen molar-refractivity contribution >= 4 is 27.6 Å². The van der Waals surface area contributed by atoms with E-state index in [1.165, 1.54) is 6.42 Å². The zero-order valence-electron chi connectivity index (χ0n) is 15.3. The van der Waals surface area contributed by atoms with Crippen molar-refractivity contribution in [2.75, 3.05) is 31.1 Å². The Morgan fingerprint density at radius 2 is 1.93 bits per heavy atom. The summed E-state index contributed by atoms with van der Waals surface area (Å²) in [6.07, 6.45) is -0.788. The van der Waals surface area contributed by atoms with Crippen molar-refractivity contribution in [2.24, 2.45) is 7.05 Å². The van der Waals surface area contributed by atoms with Gasteiger partial charge in [0.1, 0.15) is 11.3 Å². The molecule has 1 unspecified atom stereocenters. The predicted octanol–water partition coefficient (Wildman–Crippen LogP) is 3.56. The minimum Gasteiger partial charge on any atom is -0.352 e. The van der Waals surface area contributed by atoms with Gasteiger partial charge in [-0.1, -0.05) is 0 Å². The second-order valence-corrected chi connectivity index (χ2v) is 7.63. The van der Waals surface area contributed by atoms with Crippen molar-refractivity contribution < 1.29 is 17.6 Å². The third-order valence-corrected chi connectivity index (χ3v) is 5.83. The van der Waals surface area contributed by atoms with Gasteiger partial charge in [-0.2, -0.15) is 18.3 Å². The molecule has 0 N–H and O–H groups in total. The number of halogens is 4. The lowest BCUT2D eigenvalue weighted by Crippen LogP contribution is -2.50. The maximum absolute atomic E-state index is 14.2. The molecule has 0 radical (unpaired) electrons. The Kier molecular flexibility index (Phi) is 3.81. The van der Waals surface area contributed by atoms with Crippen LogP contribution in [0.5, 0.6) is 0 Å². The summed E-state index contributed by atoms with van der Waals surface area (Å²) in [5.74, 6) is -0.684. The Hall–Kier alpha value is -2.42. The van der Waals surface area contributed by atoms with E-state index in [-0.39, 0.29) is 10.9 Å². The fourth-order valence-electron chi connectivity index (χ4n) is 4.51. The summed E-state index contributed by atoms with van der Waals surface area (Å²) in [6.45, 7) is 3.59. The molecule has 9 heteroatoms. The largest absolute Gasteiger partial charge is 0.419 e. The molecule has 2 aliphatic heterocycles. The predicted molar refractivity (Wildman–Crippen MR) is 97.8 cm³/mol. The molecule has 0 saturated carbocycles.